The van der Waals surface area contributed by atoms with Crippen LogP contribution in [0.1, 0.15) is 42.6 Å². The maximum absolute atomic E-state index is 12.1. The van der Waals surface area contributed by atoms with Gasteiger partial charge in [-0.15, -0.1) is 6.58 Å². The molecule has 1 aliphatic carbocycles. The Morgan fingerprint density at radius 1 is 1.37 bits per heavy atom. The number of aromatic nitrogens is 2. The zero-order valence-corrected chi connectivity index (χ0v) is 11.1. The summed E-state index contributed by atoms with van der Waals surface area (Å²) in [6.45, 7) is 4.24. The number of carbonyl (C=O) groups excluding carboxylic acids is 1. The standard InChI is InChI=1S/C14H20N4O/c1-2-8-15-13-9-12(16-10-17-13)14(19)18-11-6-4-3-5-7-11/h2,9-11H,1,3-8H2,(H,18,19)(H,15,16,17). The van der Waals surface area contributed by atoms with Crippen molar-refractivity contribution in [3.63, 3.8) is 0 Å². The minimum atomic E-state index is -0.115. The maximum Gasteiger partial charge on any atom is 0.270 e. The molecule has 1 aromatic heterocycles. The Kier molecular flexibility index (Phi) is 4.89. The van der Waals surface area contributed by atoms with E-state index in [1.54, 1.807) is 12.1 Å². The van der Waals surface area contributed by atoms with E-state index in [2.05, 4.69) is 27.2 Å². The second-order valence-electron chi connectivity index (χ2n) is 4.77. The van der Waals surface area contributed by atoms with E-state index in [1.807, 2.05) is 0 Å². The normalized spacial score (nSPS) is 15.8. The largest absolute Gasteiger partial charge is 0.366 e. The summed E-state index contributed by atoms with van der Waals surface area (Å²) in [5.74, 6) is 0.527. The Bertz CT molecular complexity index is 441. The molecule has 2 rings (SSSR count). The number of amides is 1. The zero-order chi connectivity index (χ0) is 13.5. The third-order valence-corrected chi connectivity index (χ3v) is 3.27. The van der Waals surface area contributed by atoms with Crippen molar-refractivity contribution in [2.24, 2.45) is 0 Å². The fourth-order valence-electron chi connectivity index (χ4n) is 2.26. The van der Waals surface area contributed by atoms with Crippen molar-refractivity contribution in [1.82, 2.24) is 15.3 Å². The maximum atomic E-state index is 12.1. The predicted octanol–water partition coefficient (Wildman–Crippen LogP) is 2.14. The summed E-state index contributed by atoms with van der Waals surface area (Å²) in [4.78, 5) is 20.2. The fourth-order valence-corrected chi connectivity index (χ4v) is 2.26. The van der Waals surface area contributed by atoms with E-state index >= 15 is 0 Å². The second-order valence-corrected chi connectivity index (χ2v) is 4.77. The summed E-state index contributed by atoms with van der Waals surface area (Å²) < 4.78 is 0. The van der Waals surface area contributed by atoms with Crippen LogP contribution in [0.15, 0.2) is 25.0 Å². The van der Waals surface area contributed by atoms with E-state index in [-0.39, 0.29) is 5.91 Å². The zero-order valence-electron chi connectivity index (χ0n) is 11.1. The third-order valence-electron chi connectivity index (χ3n) is 3.27. The quantitative estimate of drug-likeness (QED) is 0.796. The number of nitrogens with zero attached hydrogens (tertiary/aromatic N) is 2. The van der Waals surface area contributed by atoms with Gasteiger partial charge in [-0.2, -0.15) is 0 Å². The molecule has 1 aliphatic rings. The molecule has 1 amide bonds. The Labute approximate surface area is 113 Å². The van der Waals surface area contributed by atoms with Gasteiger partial charge in [0.15, 0.2) is 0 Å². The lowest BCUT2D eigenvalue weighted by molar-refractivity contribution is 0.0922. The molecule has 0 aliphatic heterocycles. The molecule has 102 valence electrons. The van der Waals surface area contributed by atoms with Crippen LogP contribution in [-0.4, -0.2) is 28.5 Å². The Hall–Kier alpha value is -1.91. The van der Waals surface area contributed by atoms with Gasteiger partial charge in [0.2, 0.25) is 0 Å². The monoisotopic (exact) mass is 260 g/mol. The first-order chi connectivity index (χ1) is 9.29. The topological polar surface area (TPSA) is 66.9 Å². The lowest BCUT2D eigenvalue weighted by Crippen LogP contribution is -2.36. The molecule has 0 radical (unpaired) electrons. The highest BCUT2D eigenvalue weighted by Crippen LogP contribution is 2.17. The average molecular weight is 260 g/mol. The summed E-state index contributed by atoms with van der Waals surface area (Å²) in [5, 5.41) is 6.09. The second kappa shape index (κ2) is 6.87. The van der Waals surface area contributed by atoms with Crippen LogP contribution in [0.5, 0.6) is 0 Å². The fraction of sp³-hybridized carbons (Fsp3) is 0.500. The first kappa shape index (κ1) is 13.5. The molecule has 0 saturated heterocycles. The number of hydrogen-bond donors (Lipinski definition) is 2. The van der Waals surface area contributed by atoms with Crippen molar-refractivity contribution < 1.29 is 4.79 Å². The molecule has 0 atom stereocenters. The van der Waals surface area contributed by atoms with Crippen LogP contribution >= 0.6 is 0 Å². The molecule has 19 heavy (non-hydrogen) atoms. The first-order valence-corrected chi connectivity index (χ1v) is 6.77. The van der Waals surface area contributed by atoms with Gasteiger partial charge in [0.1, 0.15) is 17.8 Å². The van der Waals surface area contributed by atoms with Crippen LogP contribution in [0.2, 0.25) is 0 Å². The SMILES string of the molecule is C=CCNc1cc(C(=O)NC2CCCCC2)ncn1. The van der Waals surface area contributed by atoms with E-state index in [0.29, 0.717) is 24.1 Å². The molecule has 2 N–H and O–H groups in total. The molecular weight excluding hydrogens is 240 g/mol. The highest BCUT2D eigenvalue weighted by Gasteiger charge is 2.17. The molecule has 1 heterocycles. The summed E-state index contributed by atoms with van der Waals surface area (Å²) in [6, 6.07) is 1.96. The van der Waals surface area contributed by atoms with Crippen molar-refractivity contribution >= 4 is 11.7 Å². The van der Waals surface area contributed by atoms with Crippen LogP contribution < -0.4 is 10.6 Å². The van der Waals surface area contributed by atoms with Gasteiger partial charge in [-0.3, -0.25) is 4.79 Å². The number of carbonyl (C=O) groups is 1. The number of rotatable bonds is 5. The Balaban J connectivity index is 1.95. The van der Waals surface area contributed by atoms with Crippen LogP contribution in [0.4, 0.5) is 5.82 Å². The van der Waals surface area contributed by atoms with Crippen LogP contribution in [0.3, 0.4) is 0 Å². The molecule has 0 aromatic carbocycles. The van der Waals surface area contributed by atoms with Crippen molar-refractivity contribution in [3.8, 4) is 0 Å². The van der Waals surface area contributed by atoms with E-state index in [1.165, 1.54) is 25.6 Å². The molecule has 1 fully saturated rings. The van der Waals surface area contributed by atoms with E-state index in [4.69, 9.17) is 0 Å². The van der Waals surface area contributed by atoms with Crippen molar-refractivity contribution in [1.29, 1.82) is 0 Å². The molecular formula is C14H20N4O. The van der Waals surface area contributed by atoms with Crippen LogP contribution in [-0.2, 0) is 0 Å². The molecule has 0 bridgehead atoms. The van der Waals surface area contributed by atoms with E-state index in [0.717, 1.165) is 12.8 Å². The summed E-state index contributed by atoms with van der Waals surface area (Å²) >= 11 is 0. The first-order valence-electron chi connectivity index (χ1n) is 6.77. The summed E-state index contributed by atoms with van der Waals surface area (Å²) in [6.07, 6.45) is 8.94. The van der Waals surface area contributed by atoms with Gasteiger partial charge in [-0.1, -0.05) is 25.3 Å². The van der Waals surface area contributed by atoms with Gasteiger partial charge in [0, 0.05) is 18.7 Å². The average Bonchev–Trinajstić information content (AvgIpc) is 2.46. The Morgan fingerprint density at radius 2 is 2.16 bits per heavy atom. The molecule has 5 heteroatoms. The van der Waals surface area contributed by atoms with Crippen molar-refractivity contribution in [2.45, 2.75) is 38.1 Å². The highest BCUT2D eigenvalue weighted by molar-refractivity contribution is 5.93. The van der Waals surface area contributed by atoms with Gasteiger partial charge >= 0.3 is 0 Å². The molecule has 0 unspecified atom stereocenters. The molecule has 1 aromatic rings. The predicted molar refractivity (Wildman–Crippen MR) is 75.1 cm³/mol. The number of anilines is 1. The van der Waals surface area contributed by atoms with Gasteiger partial charge < -0.3 is 10.6 Å². The van der Waals surface area contributed by atoms with Crippen LogP contribution in [0.25, 0.3) is 0 Å². The van der Waals surface area contributed by atoms with Crippen LogP contribution in [0, 0.1) is 0 Å². The van der Waals surface area contributed by atoms with E-state index in [9.17, 15) is 4.79 Å². The van der Waals surface area contributed by atoms with Gasteiger partial charge in [0.05, 0.1) is 0 Å². The highest BCUT2D eigenvalue weighted by atomic mass is 16.1. The number of nitrogens with one attached hydrogen (secondary N) is 2. The van der Waals surface area contributed by atoms with Gasteiger partial charge in [0.25, 0.3) is 5.91 Å². The summed E-state index contributed by atoms with van der Waals surface area (Å²) in [5.41, 5.74) is 0.409. The minimum absolute atomic E-state index is 0.115. The number of hydrogen-bond acceptors (Lipinski definition) is 4. The lowest BCUT2D eigenvalue weighted by Gasteiger charge is -2.22. The molecule has 5 nitrogen and oxygen atoms in total. The Morgan fingerprint density at radius 3 is 2.89 bits per heavy atom. The molecule has 0 spiro atoms. The van der Waals surface area contributed by atoms with Gasteiger partial charge in [-0.25, -0.2) is 9.97 Å². The van der Waals surface area contributed by atoms with Gasteiger partial charge in [-0.05, 0) is 12.8 Å². The van der Waals surface area contributed by atoms with Crippen molar-refractivity contribution in [2.75, 3.05) is 11.9 Å². The third kappa shape index (κ3) is 4.05. The van der Waals surface area contributed by atoms with E-state index < -0.39 is 0 Å². The smallest absolute Gasteiger partial charge is 0.270 e. The minimum Gasteiger partial charge on any atom is -0.366 e. The van der Waals surface area contributed by atoms with Crippen molar-refractivity contribution in [3.05, 3.63) is 30.7 Å². The molecule has 1 saturated carbocycles. The summed E-state index contributed by atoms with van der Waals surface area (Å²) in [7, 11) is 0. The lowest BCUT2D eigenvalue weighted by atomic mass is 9.95.